The Morgan fingerprint density at radius 2 is 1.50 bits per heavy atom. The zero-order chi connectivity index (χ0) is 21.7. The summed E-state index contributed by atoms with van der Waals surface area (Å²) in [6.07, 6.45) is 1.40. The first-order valence-corrected chi connectivity index (χ1v) is 10.5. The minimum absolute atomic E-state index is 0.205. The second kappa shape index (κ2) is 9.91. The molecule has 0 aliphatic carbocycles. The monoisotopic (exact) mass is 532 g/mol. The minimum atomic E-state index is -0.773. The molecule has 3 rings (SSSR count). The van der Waals surface area contributed by atoms with Crippen LogP contribution in [0.2, 0.25) is 0 Å². The van der Waals surface area contributed by atoms with Gasteiger partial charge in [-0.1, -0.05) is 42.5 Å². The van der Waals surface area contributed by atoms with Gasteiger partial charge in [0.2, 0.25) is 0 Å². The van der Waals surface area contributed by atoms with Crippen molar-refractivity contribution in [1.82, 2.24) is 0 Å². The molecule has 3 aromatic carbocycles. The highest BCUT2D eigenvalue weighted by Crippen LogP contribution is 2.36. The molecule has 0 fully saturated rings. The van der Waals surface area contributed by atoms with E-state index >= 15 is 0 Å². The van der Waals surface area contributed by atoms with Gasteiger partial charge in [0.1, 0.15) is 17.9 Å². The van der Waals surface area contributed by atoms with Crippen molar-refractivity contribution in [2.75, 3.05) is 14.2 Å². The lowest BCUT2D eigenvalue weighted by molar-refractivity contribution is -0.143. The van der Waals surface area contributed by atoms with E-state index in [0.717, 1.165) is 16.3 Å². The van der Waals surface area contributed by atoms with Gasteiger partial charge < -0.3 is 14.2 Å². The molecule has 30 heavy (non-hydrogen) atoms. The molecule has 0 bridgehead atoms. The molecule has 0 amide bonds. The van der Waals surface area contributed by atoms with Crippen LogP contribution in [0.5, 0.6) is 5.75 Å². The van der Waals surface area contributed by atoms with Crippen LogP contribution < -0.4 is 4.74 Å². The standard InChI is InChI=1S/C23H18Br2O5/c1-28-22(26)18(23(27)29-2)10-14-11-19(24)21(20(25)12-14)30-13-16-8-5-7-15-6-3-4-9-17(15)16/h3-12H,13H2,1-2H3. The van der Waals surface area contributed by atoms with E-state index < -0.39 is 11.9 Å². The van der Waals surface area contributed by atoms with Crippen LogP contribution in [0.1, 0.15) is 11.1 Å². The summed E-state index contributed by atoms with van der Waals surface area (Å²) in [6, 6.07) is 17.7. The van der Waals surface area contributed by atoms with Crippen molar-refractivity contribution in [1.29, 1.82) is 0 Å². The fraction of sp³-hybridized carbons (Fsp3) is 0.130. The van der Waals surface area contributed by atoms with Crippen molar-refractivity contribution >= 4 is 60.6 Å². The normalized spacial score (nSPS) is 10.4. The van der Waals surface area contributed by atoms with Crippen LogP contribution in [0.3, 0.4) is 0 Å². The largest absolute Gasteiger partial charge is 0.487 e. The first kappa shape index (κ1) is 22.1. The molecule has 0 aliphatic heterocycles. The topological polar surface area (TPSA) is 61.8 Å². The van der Waals surface area contributed by atoms with Gasteiger partial charge in [0.25, 0.3) is 0 Å². The van der Waals surface area contributed by atoms with E-state index in [1.807, 2.05) is 24.3 Å². The van der Waals surface area contributed by atoms with Crippen molar-refractivity contribution in [3.63, 3.8) is 0 Å². The molecule has 0 aliphatic rings. The number of methoxy groups -OCH3 is 2. The molecule has 5 nitrogen and oxygen atoms in total. The smallest absolute Gasteiger partial charge is 0.345 e. The fourth-order valence-corrected chi connectivity index (χ4v) is 4.41. The predicted molar refractivity (Wildman–Crippen MR) is 122 cm³/mol. The molecule has 0 unspecified atom stereocenters. The molecule has 0 radical (unpaired) electrons. The fourth-order valence-electron chi connectivity index (χ4n) is 2.96. The van der Waals surface area contributed by atoms with Crippen LogP contribution in [-0.4, -0.2) is 26.2 Å². The van der Waals surface area contributed by atoms with E-state index in [1.54, 1.807) is 12.1 Å². The van der Waals surface area contributed by atoms with Crippen molar-refractivity contribution in [3.05, 3.63) is 80.2 Å². The zero-order valence-corrected chi connectivity index (χ0v) is 19.4. The average molecular weight is 534 g/mol. The minimum Gasteiger partial charge on any atom is -0.487 e. The molecule has 0 spiro atoms. The van der Waals surface area contributed by atoms with Crippen LogP contribution in [0.4, 0.5) is 0 Å². The molecule has 7 heteroatoms. The van der Waals surface area contributed by atoms with Crippen LogP contribution in [0.15, 0.2) is 69.1 Å². The highest BCUT2D eigenvalue weighted by Gasteiger charge is 2.20. The molecule has 0 saturated carbocycles. The molecular weight excluding hydrogens is 516 g/mol. The van der Waals surface area contributed by atoms with E-state index in [1.165, 1.54) is 20.3 Å². The van der Waals surface area contributed by atoms with Crippen LogP contribution >= 0.6 is 31.9 Å². The van der Waals surface area contributed by atoms with Gasteiger partial charge in [-0.3, -0.25) is 0 Å². The number of rotatable bonds is 6. The number of ether oxygens (including phenoxy) is 3. The molecule has 0 N–H and O–H groups in total. The van der Waals surface area contributed by atoms with Gasteiger partial charge in [0.05, 0.1) is 23.2 Å². The quantitative estimate of drug-likeness (QED) is 0.177. The summed E-state index contributed by atoms with van der Waals surface area (Å²) in [4.78, 5) is 23.8. The van der Waals surface area contributed by atoms with Crippen molar-refractivity contribution in [2.24, 2.45) is 0 Å². The number of benzene rings is 3. The SMILES string of the molecule is COC(=O)C(=Cc1cc(Br)c(OCc2cccc3ccccc23)c(Br)c1)C(=O)OC. The van der Waals surface area contributed by atoms with E-state index in [2.05, 4.69) is 59.5 Å². The summed E-state index contributed by atoms with van der Waals surface area (Å²) in [5.74, 6) is -0.937. The van der Waals surface area contributed by atoms with Gasteiger partial charge in [-0.2, -0.15) is 0 Å². The van der Waals surface area contributed by atoms with E-state index in [-0.39, 0.29) is 5.57 Å². The van der Waals surface area contributed by atoms with Gasteiger partial charge >= 0.3 is 11.9 Å². The summed E-state index contributed by atoms with van der Waals surface area (Å²) in [5.41, 5.74) is 1.45. The lowest BCUT2D eigenvalue weighted by Crippen LogP contribution is -2.15. The highest BCUT2D eigenvalue weighted by molar-refractivity contribution is 9.11. The number of fused-ring (bicyclic) bond motifs is 1. The predicted octanol–water partition coefficient (Wildman–Crippen LogP) is 5.67. The van der Waals surface area contributed by atoms with Crippen LogP contribution in [0.25, 0.3) is 16.8 Å². The Bertz CT molecular complexity index is 1090. The maximum atomic E-state index is 11.9. The summed E-state index contributed by atoms with van der Waals surface area (Å²) < 4.78 is 16.7. The van der Waals surface area contributed by atoms with Crippen molar-refractivity contribution < 1.29 is 23.8 Å². The number of hydrogen-bond acceptors (Lipinski definition) is 5. The van der Waals surface area contributed by atoms with Crippen molar-refractivity contribution in [2.45, 2.75) is 6.61 Å². The second-order valence-electron chi connectivity index (χ2n) is 6.28. The van der Waals surface area contributed by atoms with Crippen LogP contribution in [-0.2, 0) is 25.7 Å². The van der Waals surface area contributed by atoms with Gasteiger partial charge in [-0.25, -0.2) is 9.59 Å². The summed E-state index contributed by atoms with van der Waals surface area (Å²) in [7, 11) is 2.41. The third-order valence-electron chi connectivity index (χ3n) is 4.39. The third-order valence-corrected chi connectivity index (χ3v) is 5.57. The van der Waals surface area contributed by atoms with Crippen LogP contribution in [0, 0.1) is 0 Å². The molecule has 0 saturated heterocycles. The number of hydrogen-bond donors (Lipinski definition) is 0. The number of carbonyl (C=O) groups excluding carboxylic acids is 2. The molecular formula is C23H18Br2O5. The lowest BCUT2D eigenvalue weighted by Gasteiger charge is -2.13. The number of carbonyl (C=O) groups is 2. The summed E-state index contributed by atoms with van der Waals surface area (Å²) in [5, 5.41) is 2.28. The van der Waals surface area contributed by atoms with Gasteiger partial charge in [-0.05, 0) is 72.0 Å². The first-order valence-electron chi connectivity index (χ1n) is 8.91. The van der Waals surface area contributed by atoms with Gasteiger partial charge in [0, 0.05) is 0 Å². The number of esters is 2. The first-order chi connectivity index (χ1) is 14.4. The van der Waals surface area contributed by atoms with Gasteiger partial charge in [-0.15, -0.1) is 0 Å². The molecule has 154 valence electrons. The Hall–Kier alpha value is -2.64. The molecule has 0 aromatic heterocycles. The Morgan fingerprint density at radius 3 is 2.13 bits per heavy atom. The summed E-state index contributed by atoms with van der Waals surface area (Å²) >= 11 is 7.01. The Balaban J connectivity index is 1.88. The van der Waals surface area contributed by atoms with E-state index in [9.17, 15) is 9.59 Å². The van der Waals surface area contributed by atoms with Crippen molar-refractivity contribution in [3.8, 4) is 5.75 Å². The lowest BCUT2D eigenvalue weighted by atomic mass is 10.1. The maximum Gasteiger partial charge on any atom is 0.345 e. The van der Waals surface area contributed by atoms with Gasteiger partial charge in [0.15, 0.2) is 0 Å². The Morgan fingerprint density at radius 1 is 0.900 bits per heavy atom. The zero-order valence-electron chi connectivity index (χ0n) is 16.3. The highest BCUT2D eigenvalue weighted by atomic mass is 79.9. The molecule has 0 heterocycles. The van der Waals surface area contributed by atoms with E-state index in [4.69, 9.17) is 4.74 Å². The Kier molecular flexibility index (Phi) is 7.29. The molecule has 3 aromatic rings. The third kappa shape index (κ3) is 4.91. The average Bonchev–Trinajstić information content (AvgIpc) is 2.76. The Labute approximate surface area is 190 Å². The van der Waals surface area contributed by atoms with E-state index in [0.29, 0.717) is 26.9 Å². The summed E-state index contributed by atoms with van der Waals surface area (Å²) in [6.45, 7) is 0.378. The number of halogens is 2. The molecule has 0 atom stereocenters. The second-order valence-corrected chi connectivity index (χ2v) is 7.99. The maximum absolute atomic E-state index is 11.9.